The van der Waals surface area contributed by atoms with Gasteiger partial charge in [0.2, 0.25) is 53.2 Å². The highest BCUT2D eigenvalue weighted by atomic mass is 32.2. The molecule has 0 saturated carbocycles. The predicted molar refractivity (Wildman–Crippen MR) is 437 cm³/mol. The van der Waals surface area contributed by atoms with Crippen LogP contribution < -0.4 is 63.6 Å². The number of ether oxygens (including phenoxy) is 4. The molecule has 0 saturated heterocycles. The molecule has 0 spiro atoms. The Morgan fingerprint density at radius 2 is 1.09 bits per heavy atom. The summed E-state index contributed by atoms with van der Waals surface area (Å²) in [5.74, 6) is -7.66. The first kappa shape index (κ1) is 91.9. The van der Waals surface area contributed by atoms with Gasteiger partial charge in [0.25, 0.3) is 0 Å². The summed E-state index contributed by atoms with van der Waals surface area (Å²) in [7, 11) is 1.15. The number of esters is 1. The number of nitrogens with two attached hydrogens (primary N) is 1. The van der Waals surface area contributed by atoms with Gasteiger partial charge in [-0.2, -0.15) is 0 Å². The quantitative estimate of drug-likeness (QED) is 0.00790. The molecule has 3 unspecified atom stereocenters. The summed E-state index contributed by atoms with van der Waals surface area (Å²) in [5, 5.41) is 39.7. The molecule has 0 fully saturated rings. The van der Waals surface area contributed by atoms with Crippen molar-refractivity contribution in [2.75, 3.05) is 32.7 Å². The van der Waals surface area contributed by atoms with E-state index in [0.717, 1.165) is 46.6 Å². The van der Waals surface area contributed by atoms with Gasteiger partial charge in [0.1, 0.15) is 66.5 Å². The Morgan fingerprint density at radius 3 is 1.63 bits per heavy atom. The third kappa shape index (κ3) is 28.5. The Morgan fingerprint density at radius 1 is 0.549 bits per heavy atom. The van der Waals surface area contributed by atoms with E-state index in [1.165, 1.54) is 39.5 Å². The van der Waals surface area contributed by atoms with Gasteiger partial charge in [0.15, 0.2) is 0 Å². The van der Waals surface area contributed by atoms with E-state index in [2.05, 4.69) is 58.2 Å². The van der Waals surface area contributed by atoms with Crippen LogP contribution in [0.3, 0.4) is 0 Å². The number of thioether (sulfide) groups is 2. The molecule has 6 rings (SSSR count). The summed E-state index contributed by atoms with van der Waals surface area (Å²) in [6.07, 6.45) is -2.18. The Balaban J connectivity index is 1.36. The van der Waals surface area contributed by atoms with Crippen molar-refractivity contribution >= 4 is 99.7 Å². The highest BCUT2D eigenvalue weighted by molar-refractivity contribution is 8.02. The fourth-order valence-corrected chi connectivity index (χ4v) is 15.6. The molecule has 0 bridgehead atoms. The number of aliphatic hydroxyl groups is 1. The minimum Gasteiger partial charge on any atom is -0.492 e. The van der Waals surface area contributed by atoms with E-state index in [0.29, 0.717) is 28.7 Å². The zero-order valence-corrected chi connectivity index (χ0v) is 69.1. The molecule has 14 N–H and O–H groups in total. The number of carbonyl (C=O) groups is 11. The summed E-state index contributed by atoms with van der Waals surface area (Å²) in [6, 6.07) is 30.6. The average Bonchev–Trinajstić information content (AvgIpc) is 1.08. The molecule has 30 heteroatoms. The lowest BCUT2D eigenvalue weighted by Crippen LogP contribution is -2.64. The van der Waals surface area contributed by atoms with E-state index in [4.69, 9.17) is 24.7 Å². The highest BCUT2D eigenvalue weighted by Crippen LogP contribution is 2.54. The maximum atomic E-state index is 15.6. The largest absolute Gasteiger partial charge is 0.492 e. The van der Waals surface area contributed by atoms with Crippen molar-refractivity contribution in [3.8, 4) is 5.75 Å². The predicted octanol–water partition coefficient (Wildman–Crippen LogP) is 7.04. The number of fused-ring (bicyclic) bond motifs is 1. The number of aryl methyl sites for hydroxylation is 1. The summed E-state index contributed by atoms with van der Waals surface area (Å²) in [6.45, 7) is 25.2. The van der Waals surface area contributed by atoms with Crippen molar-refractivity contribution in [3.05, 3.63) is 173 Å². The third-order valence-electron chi connectivity index (χ3n) is 18.2. The van der Waals surface area contributed by atoms with Gasteiger partial charge in [-0.1, -0.05) is 121 Å². The van der Waals surface area contributed by atoms with Gasteiger partial charge >= 0.3 is 12.1 Å². The molecule has 28 nitrogen and oxygen atoms in total. The van der Waals surface area contributed by atoms with Crippen molar-refractivity contribution in [3.63, 3.8) is 0 Å². The van der Waals surface area contributed by atoms with Gasteiger partial charge in [-0.05, 0) is 155 Å². The lowest BCUT2D eigenvalue weighted by atomic mass is 9.84. The molecule has 9 atom stereocenters. The maximum Gasteiger partial charge on any atom is 0.407 e. The molecule has 614 valence electrons. The molecule has 5 aromatic carbocycles. The third-order valence-corrected chi connectivity index (χ3v) is 21.2. The molecule has 113 heavy (non-hydrogen) atoms. The molecular weight excluding hydrogens is 1490 g/mol. The van der Waals surface area contributed by atoms with Crippen molar-refractivity contribution < 1.29 is 76.8 Å². The summed E-state index contributed by atoms with van der Waals surface area (Å²) < 4.78 is 19.1. The van der Waals surface area contributed by atoms with Crippen LogP contribution >= 0.6 is 23.5 Å². The first-order chi connectivity index (χ1) is 53.1. The van der Waals surface area contributed by atoms with Crippen LogP contribution in [0.4, 0.5) is 4.79 Å². The molecule has 1 heterocycles. The van der Waals surface area contributed by atoms with E-state index in [9.17, 15) is 29.1 Å². The molecule has 0 aliphatic carbocycles. The smallest absolute Gasteiger partial charge is 0.407 e. The second-order valence-corrected chi connectivity index (χ2v) is 34.3. The number of benzene rings is 5. The summed E-state index contributed by atoms with van der Waals surface area (Å²) in [4.78, 5) is 159. The van der Waals surface area contributed by atoms with Gasteiger partial charge < -0.3 is 82.6 Å². The Hall–Kier alpha value is -10.0. The zero-order valence-electron chi connectivity index (χ0n) is 67.5. The van der Waals surface area contributed by atoms with Crippen LogP contribution in [0.5, 0.6) is 5.75 Å². The SMILES string of the molecule is COC(=O)C(Cc1ccc(OCCNC(=O)OC(C)(C)C)cc1)NC(=O)[C@@H](NC(=O)[C@H](CCCCNC(C)=O)NC(=O)[C@H](Cc1c[nH]c2c(C)cccc12)NC(=O)[C@@H](NC(=O)[C@H](CC(N)=O)NC(=O)[C@@H](NC(C)O)C(C)(C)SC(c1ccccc1)(c1ccccc1)c1ccccc1)C(C)OC(C)(C)C)C(C)(C)SCNC(C)=O. The fraction of sp³-hybridized carbons (Fsp3) is 0.482. The number of carbonyl (C=O) groups excluding carboxylic acids is 11. The van der Waals surface area contributed by atoms with Gasteiger partial charge in [-0.15, -0.1) is 23.5 Å². The number of aromatic nitrogens is 1. The normalized spacial score (nSPS) is 14.3. The van der Waals surface area contributed by atoms with Crippen LogP contribution in [0.15, 0.2) is 140 Å². The van der Waals surface area contributed by atoms with E-state index < -0.39 is 140 Å². The van der Waals surface area contributed by atoms with Gasteiger partial charge in [0, 0.05) is 59.8 Å². The van der Waals surface area contributed by atoms with E-state index >= 15 is 28.8 Å². The van der Waals surface area contributed by atoms with Crippen LogP contribution in [0.2, 0.25) is 0 Å². The Kier molecular flexibility index (Phi) is 34.3. The minimum atomic E-state index is -1.77. The monoisotopic (exact) mass is 1600 g/mol. The zero-order chi connectivity index (χ0) is 83.6. The van der Waals surface area contributed by atoms with Crippen LogP contribution in [0.25, 0.3) is 10.9 Å². The number of unbranched alkanes of at least 4 members (excludes halogenated alkanes) is 1. The maximum absolute atomic E-state index is 15.6. The summed E-state index contributed by atoms with van der Waals surface area (Å²) >= 11 is 2.51. The number of hydrogen-bond acceptors (Lipinski definition) is 19. The number of hydrogen-bond donors (Lipinski definition) is 13. The number of nitrogens with one attached hydrogen (secondary N) is 11. The molecule has 0 aliphatic heterocycles. The minimum absolute atomic E-state index is 0.0337. The first-order valence-electron chi connectivity index (χ1n) is 37.7. The lowest BCUT2D eigenvalue weighted by Gasteiger charge is -2.44. The molecule has 6 aromatic rings. The number of alkyl carbamates (subject to hydrolysis) is 1. The van der Waals surface area contributed by atoms with Crippen molar-refractivity contribution in [2.24, 2.45) is 5.73 Å². The number of rotatable bonds is 42. The Bertz CT molecular complexity index is 4090. The molecule has 1 aromatic heterocycles. The van der Waals surface area contributed by atoms with Crippen molar-refractivity contribution in [1.29, 1.82) is 0 Å². The highest BCUT2D eigenvalue weighted by Gasteiger charge is 2.49. The molecule has 0 aliphatic rings. The average molecular weight is 1600 g/mol. The topological polar surface area (TPSA) is 407 Å². The number of methoxy groups -OCH3 is 1. The molecular formula is C83H114N12O16S2. The molecule has 0 radical (unpaired) electrons. The summed E-state index contributed by atoms with van der Waals surface area (Å²) in [5.41, 5.74) is 9.51. The number of aromatic amines is 1. The van der Waals surface area contributed by atoms with E-state index in [1.54, 1.807) is 85.9 Å². The van der Waals surface area contributed by atoms with Gasteiger partial charge in [0.05, 0.1) is 42.4 Å². The number of aliphatic hydroxyl groups excluding tert-OH is 1. The van der Waals surface area contributed by atoms with Gasteiger partial charge in [-0.25, -0.2) is 9.59 Å². The fourth-order valence-electron chi connectivity index (χ4n) is 12.8. The second kappa shape index (κ2) is 42.2. The van der Waals surface area contributed by atoms with Crippen LogP contribution in [0, 0.1) is 6.92 Å². The number of amides is 10. The molecule has 10 amide bonds. The number of para-hydroxylation sites is 1. The van der Waals surface area contributed by atoms with E-state index in [-0.39, 0.29) is 63.1 Å². The number of H-pyrrole nitrogens is 1. The van der Waals surface area contributed by atoms with Crippen LogP contribution in [0.1, 0.15) is 156 Å². The number of primary amides is 1. The lowest BCUT2D eigenvalue weighted by molar-refractivity contribution is -0.145. The van der Waals surface area contributed by atoms with Crippen molar-refractivity contribution in [1.82, 2.24) is 58.2 Å². The first-order valence-corrected chi connectivity index (χ1v) is 39.5. The second-order valence-electron chi connectivity index (χ2n) is 30.8. The van der Waals surface area contributed by atoms with Gasteiger partial charge in [-0.3, -0.25) is 48.5 Å². The van der Waals surface area contributed by atoms with Crippen LogP contribution in [-0.4, -0.2) is 183 Å². The standard InChI is InChI=1S/C83H114N12O16S2/c1-50-29-28-36-61-56(48-87-67(50)61)46-63(72(101)90-62(37-26-27-42-85-52(3)96)71(100)95-69(81(12,13)112-49-88-53(4)97)75(104)93-65(77(106)108-16)45-55-38-40-60(41-39-55)109-44-43-86-78(107)111-80(9,10)11)91-74(103)68(51(2)110-79(6,7)8)94-73(102)64(47-66(84)99)92-76(105)70(89-54(5)98)82(14,15)113-83(57-30-20-17-21-31-57,58-32-22-18-23-33-58)59-34-24-19-25-35-59/h17-25,28-36,38-41,48,51,54,62-65,68-70,87,89,98H,26-27,37,42-47,49H2,1-16H3,(H2,84,99)(H,85,96)(H,86,107)(H,88,97)(H,90,101)(H,91,103)(H,92,105)(H,93,104)(H,94,102)(H,95,100)/t51?,54?,62-,63-,64-,65?,68-,69+,70+/m0/s1. The van der Waals surface area contributed by atoms with Crippen LogP contribution in [-0.2, 0) is 79.7 Å². The van der Waals surface area contributed by atoms with Crippen molar-refractivity contribution in [2.45, 2.75) is 222 Å². The van der Waals surface area contributed by atoms with E-state index in [1.807, 2.05) is 130 Å². The Labute approximate surface area is 670 Å².